The molecule has 124 valence electrons. The van der Waals surface area contributed by atoms with Gasteiger partial charge in [-0.15, -0.1) is 0 Å². The quantitative estimate of drug-likeness (QED) is 0.694. The van der Waals surface area contributed by atoms with Gasteiger partial charge in [0, 0.05) is 18.6 Å². The van der Waals surface area contributed by atoms with E-state index in [4.69, 9.17) is 11.6 Å². The summed E-state index contributed by atoms with van der Waals surface area (Å²) in [6, 6.07) is 11.5. The van der Waals surface area contributed by atoms with Crippen LogP contribution in [0.25, 0.3) is 11.0 Å². The smallest absolute Gasteiger partial charge is 0.233 e. The molecule has 3 aromatic rings. The van der Waals surface area contributed by atoms with Crippen LogP contribution < -0.4 is 0 Å². The summed E-state index contributed by atoms with van der Waals surface area (Å²) in [6.45, 7) is 0.440. The Morgan fingerprint density at radius 1 is 1.29 bits per heavy atom. The molecule has 0 aliphatic carbocycles. The normalized spacial score (nSPS) is 11.0. The lowest BCUT2D eigenvalue weighted by Crippen LogP contribution is -2.27. The summed E-state index contributed by atoms with van der Waals surface area (Å²) in [5.74, 6) is -0.0401. The third-order valence-electron chi connectivity index (χ3n) is 3.51. The second kappa shape index (κ2) is 7.23. The lowest BCUT2D eigenvalue weighted by molar-refractivity contribution is -0.127. The van der Waals surface area contributed by atoms with Gasteiger partial charge in [0.25, 0.3) is 0 Å². The van der Waals surface area contributed by atoms with Crippen LogP contribution in [0, 0.1) is 5.82 Å². The number of nitrogens with one attached hydrogen (secondary N) is 1. The number of amides is 1. The molecule has 0 aliphatic rings. The van der Waals surface area contributed by atoms with Gasteiger partial charge in [0.2, 0.25) is 5.91 Å². The fourth-order valence-corrected chi connectivity index (χ4v) is 3.22. The van der Waals surface area contributed by atoms with Crippen LogP contribution in [0.2, 0.25) is 5.02 Å². The molecule has 0 fully saturated rings. The minimum Gasteiger partial charge on any atom is -0.341 e. The molecule has 0 bridgehead atoms. The van der Waals surface area contributed by atoms with E-state index in [1.165, 1.54) is 23.9 Å². The Morgan fingerprint density at radius 3 is 2.79 bits per heavy atom. The highest BCUT2D eigenvalue weighted by atomic mass is 35.5. The van der Waals surface area contributed by atoms with Gasteiger partial charge in [0.05, 0.1) is 16.8 Å². The fourth-order valence-electron chi connectivity index (χ4n) is 2.22. The molecule has 1 aromatic heterocycles. The number of imidazole rings is 1. The maximum absolute atomic E-state index is 12.9. The van der Waals surface area contributed by atoms with Gasteiger partial charge < -0.3 is 9.88 Å². The molecule has 0 saturated carbocycles. The summed E-state index contributed by atoms with van der Waals surface area (Å²) in [7, 11) is 1.73. The van der Waals surface area contributed by atoms with E-state index >= 15 is 0 Å². The number of H-pyrrole nitrogens is 1. The highest BCUT2D eigenvalue weighted by molar-refractivity contribution is 7.99. The van der Waals surface area contributed by atoms with Crippen LogP contribution in [0.5, 0.6) is 0 Å². The Labute approximate surface area is 148 Å². The monoisotopic (exact) mass is 363 g/mol. The van der Waals surface area contributed by atoms with Crippen LogP contribution in [-0.4, -0.2) is 33.6 Å². The van der Waals surface area contributed by atoms with Gasteiger partial charge in [0.1, 0.15) is 5.82 Å². The largest absolute Gasteiger partial charge is 0.341 e. The lowest BCUT2D eigenvalue weighted by atomic mass is 10.2. The molecule has 0 atom stereocenters. The first-order chi connectivity index (χ1) is 11.5. The number of hydrogen-bond donors (Lipinski definition) is 1. The highest BCUT2D eigenvalue weighted by Gasteiger charge is 2.12. The van der Waals surface area contributed by atoms with E-state index in [1.807, 2.05) is 6.07 Å². The topological polar surface area (TPSA) is 49.0 Å². The van der Waals surface area contributed by atoms with Crippen molar-refractivity contribution in [3.63, 3.8) is 0 Å². The molecule has 1 heterocycles. The van der Waals surface area contributed by atoms with Crippen LogP contribution >= 0.6 is 23.4 Å². The molecule has 24 heavy (non-hydrogen) atoms. The van der Waals surface area contributed by atoms with E-state index in [-0.39, 0.29) is 17.5 Å². The first-order valence-corrected chi connectivity index (χ1v) is 8.64. The summed E-state index contributed by atoms with van der Waals surface area (Å²) in [5, 5.41) is 1.31. The number of nitrogens with zero attached hydrogens (tertiary/aromatic N) is 2. The van der Waals surface area contributed by atoms with Crippen molar-refractivity contribution >= 4 is 40.3 Å². The zero-order chi connectivity index (χ0) is 17.1. The van der Waals surface area contributed by atoms with Gasteiger partial charge in [-0.2, -0.15) is 0 Å². The number of carbonyl (C=O) groups is 1. The molecule has 1 N–H and O–H groups in total. The van der Waals surface area contributed by atoms with E-state index in [0.717, 1.165) is 16.6 Å². The molecular formula is C17H15ClFN3OS. The molecule has 4 nitrogen and oxygen atoms in total. The molecule has 0 aliphatic heterocycles. The standard InChI is InChI=1S/C17H15ClFN3OS/c1-22(9-11-2-5-13(19)6-3-11)16(23)10-24-17-20-14-7-4-12(18)8-15(14)21-17/h2-8H,9-10H2,1H3,(H,20,21). The minimum absolute atomic E-state index is 0.0252. The van der Waals surface area contributed by atoms with E-state index in [1.54, 1.807) is 36.2 Å². The average Bonchev–Trinajstić information content (AvgIpc) is 2.96. The molecule has 0 radical (unpaired) electrons. The van der Waals surface area contributed by atoms with E-state index in [2.05, 4.69) is 9.97 Å². The van der Waals surface area contributed by atoms with Gasteiger partial charge in [-0.1, -0.05) is 35.5 Å². The molecule has 1 amide bonds. The van der Waals surface area contributed by atoms with Crippen molar-refractivity contribution in [3.8, 4) is 0 Å². The number of benzene rings is 2. The van der Waals surface area contributed by atoms with Crippen LogP contribution in [0.3, 0.4) is 0 Å². The maximum atomic E-state index is 12.9. The number of halogens is 2. The van der Waals surface area contributed by atoms with Gasteiger partial charge >= 0.3 is 0 Å². The summed E-state index contributed by atoms with van der Waals surface area (Å²) >= 11 is 7.29. The van der Waals surface area contributed by atoms with Crippen molar-refractivity contribution in [3.05, 3.63) is 58.9 Å². The van der Waals surface area contributed by atoms with E-state index in [9.17, 15) is 9.18 Å². The van der Waals surface area contributed by atoms with Crippen LogP contribution in [-0.2, 0) is 11.3 Å². The number of hydrogen-bond acceptors (Lipinski definition) is 3. The van der Waals surface area contributed by atoms with E-state index in [0.29, 0.717) is 16.7 Å². The van der Waals surface area contributed by atoms with Crippen molar-refractivity contribution in [1.29, 1.82) is 0 Å². The van der Waals surface area contributed by atoms with Crippen LogP contribution in [0.15, 0.2) is 47.6 Å². The van der Waals surface area contributed by atoms with Gasteiger partial charge in [-0.25, -0.2) is 9.37 Å². The predicted molar refractivity (Wildman–Crippen MR) is 94.7 cm³/mol. The molecule has 2 aromatic carbocycles. The zero-order valence-electron chi connectivity index (χ0n) is 12.9. The Bertz CT molecular complexity index is 866. The molecule has 0 saturated heterocycles. The van der Waals surface area contributed by atoms with Gasteiger partial charge in [0.15, 0.2) is 5.16 Å². The maximum Gasteiger partial charge on any atom is 0.233 e. The zero-order valence-corrected chi connectivity index (χ0v) is 14.5. The first-order valence-electron chi connectivity index (χ1n) is 7.28. The van der Waals surface area contributed by atoms with Crippen LogP contribution in [0.4, 0.5) is 4.39 Å². The Morgan fingerprint density at radius 2 is 2.04 bits per heavy atom. The number of aromatic nitrogens is 2. The Kier molecular flexibility index (Phi) is 5.06. The van der Waals surface area contributed by atoms with E-state index < -0.39 is 0 Å². The second-order valence-electron chi connectivity index (χ2n) is 5.37. The number of fused-ring (bicyclic) bond motifs is 1. The molecule has 0 spiro atoms. The van der Waals surface area contributed by atoms with Crippen molar-refractivity contribution in [2.24, 2.45) is 0 Å². The average molecular weight is 364 g/mol. The molecular weight excluding hydrogens is 349 g/mol. The van der Waals surface area contributed by atoms with Crippen LogP contribution in [0.1, 0.15) is 5.56 Å². The predicted octanol–water partition coefficient (Wildman–Crippen LogP) is 4.11. The molecule has 7 heteroatoms. The van der Waals surface area contributed by atoms with Gasteiger partial charge in [-0.05, 0) is 35.9 Å². The summed E-state index contributed by atoms with van der Waals surface area (Å²) in [5.41, 5.74) is 2.54. The van der Waals surface area contributed by atoms with Crippen molar-refractivity contribution in [2.75, 3.05) is 12.8 Å². The minimum atomic E-state index is -0.284. The number of thioether (sulfide) groups is 1. The molecule has 0 unspecified atom stereocenters. The summed E-state index contributed by atoms with van der Waals surface area (Å²) in [4.78, 5) is 21.4. The van der Waals surface area contributed by atoms with Crippen molar-refractivity contribution in [1.82, 2.24) is 14.9 Å². The summed E-state index contributed by atoms with van der Waals surface area (Å²) in [6.07, 6.45) is 0. The first kappa shape index (κ1) is 16.8. The SMILES string of the molecule is CN(Cc1ccc(F)cc1)C(=O)CSc1nc2ccc(Cl)cc2[nH]1. The third kappa shape index (κ3) is 4.07. The second-order valence-corrected chi connectivity index (χ2v) is 6.77. The Balaban J connectivity index is 1.58. The fraction of sp³-hybridized carbons (Fsp3) is 0.176. The van der Waals surface area contributed by atoms with Crippen molar-refractivity contribution < 1.29 is 9.18 Å². The lowest BCUT2D eigenvalue weighted by Gasteiger charge is -2.16. The number of carbonyl (C=O) groups excluding carboxylic acids is 1. The molecule has 3 rings (SSSR count). The van der Waals surface area contributed by atoms with Crippen molar-refractivity contribution in [2.45, 2.75) is 11.7 Å². The number of rotatable bonds is 5. The Hall–Kier alpha value is -2.05. The third-order valence-corrected chi connectivity index (χ3v) is 4.61. The summed E-state index contributed by atoms with van der Waals surface area (Å²) < 4.78 is 12.9. The number of aromatic amines is 1. The van der Waals surface area contributed by atoms with Gasteiger partial charge in [-0.3, -0.25) is 4.79 Å². The highest BCUT2D eigenvalue weighted by Crippen LogP contribution is 2.22.